The first-order valence-electron chi connectivity index (χ1n) is 8.36. The Morgan fingerprint density at radius 2 is 2.15 bits per heavy atom. The molecule has 27 heavy (non-hydrogen) atoms. The Morgan fingerprint density at radius 3 is 2.85 bits per heavy atom. The molecule has 0 fully saturated rings. The SMILES string of the molecule is Cc1nn(C)c(F)c1C(=O)Nc1ccccc1C1=CC=C(/C=N/O)CC=C1. The molecule has 1 aromatic carbocycles. The minimum Gasteiger partial charge on any atom is -0.411 e. The van der Waals surface area contributed by atoms with Gasteiger partial charge in [-0.05, 0) is 30.6 Å². The fourth-order valence-electron chi connectivity index (χ4n) is 2.91. The van der Waals surface area contributed by atoms with E-state index in [9.17, 15) is 9.18 Å². The summed E-state index contributed by atoms with van der Waals surface area (Å²) in [5, 5.41) is 18.5. The normalized spacial score (nSPS) is 14.0. The second-order valence-corrected chi connectivity index (χ2v) is 6.09. The molecule has 0 bridgehead atoms. The van der Waals surface area contributed by atoms with E-state index in [2.05, 4.69) is 15.6 Å². The first-order chi connectivity index (χ1) is 13.0. The second-order valence-electron chi connectivity index (χ2n) is 6.09. The number of aryl methyl sites for hydroxylation is 2. The van der Waals surface area contributed by atoms with E-state index in [4.69, 9.17) is 5.21 Å². The molecule has 1 heterocycles. The van der Waals surface area contributed by atoms with Crippen LogP contribution < -0.4 is 5.32 Å². The molecule has 1 aromatic heterocycles. The Morgan fingerprint density at radius 1 is 1.37 bits per heavy atom. The smallest absolute Gasteiger partial charge is 0.262 e. The predicted octanol–water partition coefficient (Wildman–Crippen LogP) is 3.85. The molecule has 138 valence electrons. The van der Waals surface area contributed by atoms with Crippen molar-refractivity contribution >= 4 is 23.4 Å². The van der Waals surface area contributed by atoms with Gasteiger partial charge >= 0.3 is 0 Å². The Hall–Kier alpha value is -3.48. The Labute approximate surface area is 156 Å². The number of amides is 1. The van der Waals surface area contributed by atoms with Crippen LogP contribution in [0.25, 0.3) is 5.57 Å². The van der Waals surface area contributed by atoms with Gasteiger partial charge in [0, 0.05) is 18.3 Å². The van der Waals surface area contributed by atoms with Crippen molar-refractivity contribution in [1.82, 2.24) is 9.78 Å². The van der Waals surface area contributed by atoms with Crippen molar-refractivity contribution in [2.45, 2.75) is 13.3 Å². The van der Waals surface area contributed by atoms with Crippen molar-refractivity contribution in [3.05, 3.63) is 76.9 Å². The van der Waals surface area contributed by atoms with Gasteiger partial charge < -0.3 is 10.5 Å². The van der Waals surface area contributed by atoms with Crippen LogP contribution in [0.15, 0.2) is 59.3 Å². The van der Waals surface area contributed by atoms with Crippen molar-refractivity contribution in [2.75, 3.05) is 5.32 Å². The Kier molecular flexibility index (Phi) is 5.30. The van der Waals surface area contributed by atoms with Crippen LogP contribution in [0.1, 0.15) is 28.0 Å². The summed E-state index contributed by atoms with van der Waals surface area (Å²) in [4.78, 5) is 12.6. The van der Waals surface area contributed by atoms with Gasteiger partial charge in [0.25, 0.3) is 5.91 Å². The second kappa shape index (κ2) is 7.82. The first-order valence-corrected chi connectivity index (χ1v) is 8.36. The first kappa shape index (κ1) is 18.3. The summed E-state index contributed by atoms with van der Waals surface area (Å²) < 4.78 is 15.2. The van der Waals surface area contributed by atoms with Gasteiger partial charge in [0.2, 0.25) is 5.95 Å². The number of allylic oxidation sites excluding steroid dienone is 6. The average Bonchev–Trinajstić information content (AvgIpc) is 2.79. The predicted molar refractivity (Wildman–Crippen MR) is 102 cm³/mol. The highest BCUT2D eigenvalue weighted by Crippen LogP contribution is 2.28. The molecule has 0 saturated carbocycles. The average molecular weight is 366 g/mol. The molecule has 1 aliphatic rings. The number of hydrogen-bond donors (Lipinski definition) is 2. The summed E-state index contributed by atoms with van der Waals surface area (Å²) in [5.41, 5.74) is 3.33. The lowest BCUT2D eigenvalue weighted by Gasteiger charge is -2.11. The molecule has 6 nitrogen and oxygen atoms in total. The van der Waals surface area contributed by atoms with E-state index >= 15 is 0 Å². The highest BCUT2D eigenvalue weighted by Gasteiger charge is 2.21. The van der Waals surface area contributed by atoms with Crippen LogP contribution in [-0.4, -0.2) is 27.1 Å². The summed E-state index contributed by atoms with van der Waals surface area (Å²) >= 11 is 0. The molecule has 0 spiro atoms. The topological polar surface area (TPSA) is 79.5 Å². The zero-order valence-corrected chi connectivity index (χ0v) is 15.0. The number of benzene rings is 1. The van der Waals surface area contributed by atoms with Crippen LogP contribution in [0.2, 0.25) is 0 Å². The number of halogens is 1. The maximum absolute atomic E-state index is 14.2. The quantitative estimate of drug-likeness (QED) is 0.490. The van der Waals surface area contributed by atoms with Gasteiger partial charge in [-0.25, -0.2) is 4.68 Å². The number of carbonyl (C=O) groups excluding carboxylic acids is 1. The molecule has 2 N–H and O–H groups in total. The lowest BCUT2D eigenvalue weighted by atomic mass is 10.0. The lowest BCUT2D eigenvalue weighted by molar-refractivity contribution is 0.102. The zero-order valence-electron chi connectivity index (χ0n) is 15.0. The minimum atomic E-state index is -0.674. The monoisotopic (exact) mass is 366 g/mol. The maximum Gasteiger partial charge on any atom is 0.262 e. The van der Waals surface area contributed by atoms with E-state index in [0.29, 0.717) is 17.8 Å². The van der Waals surface area contributed by atoms with Gasteiger partial charge in [0.1, 0.15) is 5.56 Å². The van der Waals surface area contributed by atoms with Gasteiger partial charge in [-0.3, -0.25) is 4.79 Å². The molecule has 0 atom stereocenters. The van der Waals surface area contributed by atoms with Gasteiger partial charge in [0.15, 0.2) is 0 Å². The van der Waals surface area contributed by atoms with Crippen molar-refractivity contribution in [1.29, 1.82) is 0 Å². The van der Waals surface area contributed by atoms with Crippen molar-refractivity contribution in [3.8, 4) is 0 Å². The van der Waals surface area contributed by atoms with Crippen molar-refractivity contribution in [3.63, 3.8) is 0 Å². The van der Waals surface area contributed by atoms with E-state index in [0.717, 1.165) is 21.4 Å². The fraction of sp³-hybridized carbons (Fsp3) is 0.150. The summed E-state index contributed by atoms with van der Waals surface area (Å²) in [6.45, 7) is 1.59. The van der Waals surface area contributed by atoms with Gasteiger partial charge in [-0.2, -0.15) is 9.49 Å². The van der Waals surface area contributed by atoms with E-state index in [-0.39, 0.29) is 5.56 Å². The van der Waals surface area contributed by atoms with E-state index in [1.54, 1.807) is 19.1 Å². The molecule has 1 amide bonds. The van der Waals surface area contributed by atoms with Gasteiger partial charge in [-0.15, -0.1) is 0 Å². The molecule has 0 radical (unpaired) electrons. The zero-order chi connectivity index (χ0) is 19.4. The summed E-state index contributed by atoms with van der Waals surface area (Å²) in [7, 11) is 1.45. The number of nitrogens with one attached hydrogen (secondary N) is 1. The van der Waals surface area contributed by atoms with E-state index in [1.807, 2.05) is 36.4 Å². The highest BCUT2D eigenvalue weighted by molar-refractivity contribution is 6.06. The molecule has 7 heteroatoms. The highest BCUT2D eigenvalue weighted by atomic mass is 19.1. The summed E-state index contributed by atoms with van der Waals surface area (Å²) in [6, 6.07) is 7.29. The van der Waals surface area contributed by atoms with Crippen LogP contribution >= 0.6 is 0 Å². The number of aromatic nitrogens is 2. The van der Waals surface area contributed by atoms with Crippen LogP contribution in [0, 0.1) is 12.9 Å². The van der Waals surface area contributed by atoms with E-state index < -0.39 is 11.9 Å². The number of rotatable bonds is 4. The van der Waals surface area contributed by atoms with Crippen LogP contribution in [0.3, 0.4) is 0 Å². The number of carbonyl (C=O) groups is 1. The van der Waals surface area contributed by atoms with E-state index in [1.165, 1.54) is 13.3 Å². The van der Waals surface area contributed by atoms with Gasteiger partial charge in [0.05, 0.1) is 11.9 Å². The third-order valence-electron chi connectivity index (χ3n) is 4.22. The van der Waals surface area contributed by atoms with Crippen molar-refractivity contribution in [2.24, 2.45) is 12.2 Å². The standard InChI is InChI=1S/C20H19FN4O2/c1-13-18(19(21)25(2)24-13)20(26)23-17-9-4-3-8-16(17)15-7-5-6-14(10-11-15)12-22-27/h3-5,7-12,27H,6H2,1-2H3,(H,23,26)/b22-12+. The fourth-order valence-corrected chi connectivity index (χ4v) is 2.91. The van der Waals surface area contributed by atoms with Crippen molar-refractivity contribution < 1.29 is 14.4 Å². The number of nitrogens with zero attached hydrogens (tertiary/aromatic N) is 3. The summed E-state index contributed by atoms with van der Waals surface area (Å²) in [6.07, 6.45) is 9.59. The molecule has 1 aliphatic carbocycles. The Bertz CT molecular complexity index is 999. The van der Waals surface area contributed by atoms with Crippen LogP contribution in [-0.2, 0) is 7.05 Å². The molecular formula is C20H19FN4O2. The number of hydrogen-bond acceptors (Lipinski definition) is 4. The number of para-hydroxylation sites is 1. The summed E-state index contributed by atoms with van der Waals surface area (Å²) in [5.74, 6) is -1.22. The molecule has 3 rings (SSSR count). The molecule has 2 aromatic rings. The molecule has 0 unspecified atom stereocenters. The third kappa shape index (κ3) is 3.87. The van der Waals surface area contributed by atoms with Crippen LogP contribution in [0.4, 0.5) is 10.1 Å². The number of oxime groups is 1. The minimum absolute atomic E-state index is 0.0703. The van der Waals surface area contributed by atoms with Gasteiger partial charge in [-0.1, -0.05) is 47.7 Å². The maximum atomic E-state index is 14.2. The molecular weight excluding hydrogens is 347 g/mol. The van der Waals surface area contributed by atoms with Crippen LogP contribution in [0.5, 0.6) is 0 Å². The Balaban J connectivity index is 1.94. The lowest BCUT2D eigenvalue weighted by Crippen LogP contribution is -2.15. The third-order valence-corrected chi connectivity index (χ3v) is 4.22. The molecule has 0 aliphatic heterocycles. The largest absolute Gasteiger partial charge is 0.411 e. The number of anilines is 1. The molecule has 0 saturated heterocycles.